The van der Waals surface area contributed by atoms with Crippen LogP contribution in [0.5, 0.6) is 34.5 Å². The molecule has 312 valence electrons. The van der Waals surface area contributed by atoms with Crippen molar-refractivity contribution < 1.29 is 43.9 Å². The molecule has 0 radical (unpaired) electrons. The molecule has 60 heavy (non-hydrogen) atoms. The number of para-hydroxylation sites is 4. The predicted molar refractivity (Wildman–Crippen MR) is 236 cm³/mol. The molecular weight excluding hydrogens is 757 g/mol. The standard InChI is InChI=1S/C21H26O3.C17H18O3.C13H10O3/c1-2-3-4-5-6-8-11-17-14-15-19(21(22)23)20(16-17)24-18-12-9-7-10-13-18;1-17(2,3)12-9-10-14(16(18)19)15(11-12)20-13-7-5-4-6-8-13;14-13(15)11-8-4-5-9-12(11)16-10-6-2-1-3-7-10/h7,9-10,12-16H,2-6,8,11H2,1H3,(H,22,23);4-11H,1-3H3,(H,18,19);1-9H,(H,14,15). The second-order valence-corrected chi connectivity index (χ2v) is 15.0. The molecule has 0 unspecified atom stereocenters. The van der Waals surface area contributed by atoms with E-state index in [9.17, 15) is 24.6 Å². The molecule has 0 atom stereocenters. The number of carboxylic acids is 3. The van der Waals surface area contributed by atoms with Gasteiger partial charge in [-0.25, -0.2) is 14.4 Å². The van der Waals surface area contributed by atoms with Gasteiger partial charge < -0.3 is 29.5 Å². The Balaban J connectivity index is 0.000000202. The van der Waals surface area contributed by atoms with Gasteiger partial charge in [-0.1, -0.05) is 139 Å². The number of rotatable bonds is 16. The number of hydrogen-bond donors (Lipinski definition) is 3. The van der Waals surface area contributed by atoms with Crippen LogP contribution in [-0.2, 0) is 11.8 Å². The molecule has 6 aromatic rings. The first-order chi connectivity index (χ1) is 28.8. The number of carboxylic acid groups (broad SMARTS) is 3. The van der Waals surface area contributed by atoms with E-state index in [1.54, 1.807) is 60.7 Å². The van der Waals surface area contributed by atoms with Gasteiger partial charge in [0.1, 0.15) is 51.2 Å². The molecule has 9 heteroatoms. The molecule has 0 spiro atoms. The maximum absolute atomic E-state index is 11.4. The zero-order valence-electron chi connectivity index (χ0n) is 34.7. The fourth-order valence-electron chi connectivity index (χ4n) is 5.92. The Morgan fingerprint density at radius 3 is 1.33 bits per heavy atom. The van der Waals surface area contributed by atoms with Crippen molar-refractivity contribution in [3.63, 3.8) is 0 Å². The molecule has 0 bridgehead atoms. The number of unbranched alkanes of at least 4 members (excludes halogenated alkanes) is 5. The number of ether oxygens (including phenoxy) is 3. The SMILES string of the molecule is CC(C)(C)c1ccc(C(=O)O)c(Oc2ccccc2)c1.CCCCCCCCc1ccc(C(=O)O)c(Oc2ccccc2)c1.O=C(O)c1ccccc1Oc1ccccc1. The normalized spacial score (nSPS) is 10.5. The van der Waals surface area contributed by atoms with Gasteiger partial charge in [0.05, 0.1) is 0 Å². The molecule has 0 aliphatic heterocycles. The molecule has 6 aromatic carbocycles. The number of carbonyl (C=O) groups is 3. The molecule has 0 fully saturated rings. The van der Waals surface area contributed by atoms with Crippen LogP contribution in [0.4, 0.5) is 0 Å². The number of hydrogen-bond acceptors (Lipinski definition) is 6. The average molecular weight is 811 g/mol. The van der Waals surface area contributed by atoms with Crippen molar-refractivity contribution in [3.8, 4) is 34.5 Å². The van der Waals surface area contributed by atoms with Crippen molar-refractivity contribution >= 4 is 17.9 Å². The minimum Gasteiger partial charge on any atom is -0.478 e. The minimum atomic E-state index is -0.994. The Morgan fingerprint density at radius 1 is 0.450 bits per heavy atom. The second kappa shape index (κ2) is 23.5. The van der Waals surface area contributed by atoms with E-state index < -0.39 is 17.9 Å². The average Bonchev–Trinajstić information content (AvgIpc) is 3.23. The molecule has 0 aliphatic carbocycles. The van der Waals surface area contributed by atoms with E-state index in [0.717, 1.165) is 24.0 Å². The Morgan fingerprint density at radius 2 is 0.850 bits per heavy atom. The van der Waals surface area contributed by atoms with Crippen LogP contribution in [0, 0.1) is 0 Å². The largest absolute Gasteiger partial charge is 0.478 e. The molecule has 0 heterocycles. The third-order valence-electron chi connectivity index (χ3n) is 9.20. The van der Waals surface area contributed by atoms with Crippen molar-refractivity contribution in [2.75, 3.05) is 0 Å². The van der Waals surface area contributed by atoms with Gasteiger partial charge in [0.15, 0.2) is 0 Å². The topological polar surface area (TPSA) is 140 Å². The van der Waals surface area contributed by atoms with E-state index in [0.29, 0.717) is 34.5 Å². The Hall–Kier alpha value is -6.87. The van der Waals surface area contributed by atoms with Crippen molar-refractivity contribution in [1.82, 2.24) is 0 Å². The lowest BCUT2D eigenvalue weighted by Crippen LogP contribution is -2.12. The number of benzene rings is 6. The van der Waals surface area contributed by atoms with Gasteiger partial charge in [0, 0.05) is 0 Å². The van der Waals surface area contributed by atoms with E-state index in [4.69, 9.17) is 19.3 Å². The quantitative estimate of drug-likeness (QED) is 0.0815. The maximum Gasteiger partial charge on any atom is 0.339 e. The maximum atomic E-state index is 11.4. The highest BCUT2D eigenvalue weighted by atomic mass is 16.5. The van der Waals surface area contributed by atoms with E-state index in [-0.39, 0.29) is 22.1 Å². The first-order valence-electron chi connectivity index (χ1n) is 20.1. The summed E-state index contributed by atoms with van der Waals surface area (Å²) in [6.07, 6.45) is 8.44. The molecule has 3 N–H and O–H groups in total. The van der Waals surface area contributed by atoms with Crippen molar-refractivity contribution in [3.05, 3.63) is 179 Å². The van der Waals surface area contributed by atoms with E-state index in [1.165, 1.54) is 38.2 Å². The third kappa shape index (κ3) is 15.1. The fourth-order valence-corrected chi connectivity index (χ4v) is 5.92. The third-order valence-corrected chi connectivity index (χ3v) is 9.20. The van der Waals surface area contributed by atoms with Crippen LogP contribution < -0.4 is 14.2 Å². The summed E-state index contributed by atoms with van der Waals surface area (Å²) < 4.78 is 17.0. The van der Waals surface area contributed by atoms with Crippen LogP contribution in [0.3, 0.4) is 0 Å². The van der Waals surface area contributed by atoms with Crippen LogP contribution >= 0.6 is 0 Å². The van der Waals surface area contributed by atoms with E-state index >= 15 is 0 Å². The minimum absolute atomic E-state index is 0.0637. The Kier molecular flexibility index (Phi) is 18.0. The summed E-state index contributed by atoms with van der Waals surface area (Å²) in [5.41, 5.74) is 2.62. The molecule has 0 aromatic heterocycles. The van der Waals surface area contributed by atoms with Crippen LogP contribution in [0.1, 0.15) is 108 Å². The van der Waals surface area contributed by atoms with Gasteiger partial charge >= 0.3 is 17.9 Å². The first-order valence-corrected chi connectivity index (χ1v) is 20.1. The summed E-state index contributed by atoms with van der Waals surface area (Å²) in [6.45, 7) is 8.46. The monoisotopic (exact) mass is 810 g/mol. The molecule has 6 rings (SSSR count). The molecule has 0 amide bonds. The number of aromatic carboxylic acids is 3. The molecule has 0 saturated carbocycles. The van der Waals surface area contributed by atoms with Gasteiger partial charge in [0.25, 0.3) is 0 Å². The second-order valence-electron chi connectivity index (χ2n) is 15.0. The summed E-state index contributed by atoms with van der Waals surface area (Å²) in [4.78, 5) is 33.6. The molecule has 0 aliphatic rings. The van der Waals surface area contributed by atoms with Crippen LogP contribution in [0.15, 0.2) is 152 Å². The summed E-state index contributed by atoms with van der Waals surface area (Å²) in [5, 5.41) is 27.6. The first kappa shape index (κ1) is 45.8. The summed E-state index contributed by atoms with van der Waals surface area (Å²) in [7, 11) is 0. The van der Waals surface area contributed by atoms with E-state index in [1.807, 2.05) is 84.9 Å². The fraction of sp³-hybridized carbons (Fsp3) is 0.235. The van der Waals surface area contributed by atoms with Crippen LogP contribution in [0.25, 0.3) is 0 Å². The van der Waals surface area contributed by atoms with E-state index in [2.05, 4.69) is 27.7 Å². The van der Waals surface area contributed by atoms with Crippen LogP contribution in [0.2, 0.25) is 0 Å². The summed E-state index contributed by atoms with van der Waals surface area (Å²) >= 11 is 0. The summed E-state index contributed by atoms with van der Waals surface area (Å²) in [5.74, 6) is 0.0819. The zero-order valence-corrected chi connectivity index (χ0v) is 34.7. The summed E-state index contributed by atoms with van der Waals surface area (Å²) in [6, 6.07) is 44.8. The molecule has 0 saturated heterocycles. The van der Waals surface area contributed by atoms with Crippen molar-refractivity contribution in [1.29, 1.82) is 0 Å². The highest BCUT2D eigenvalue weighted by molar-refractivity contribution is 5.92. The van der Waals surface area contributed by atoms with Crippen LogP contribution in [-0.4, -0.2) is 33.2 Å². The lowest BCUT2D eigenvalue weighted by molar-refractivity contribution is 0.0683. The Bertz CT molecular complexity index is 2250. The van der Waals surface area contributed by atoms with Crippen molar-refractivity contribution in [2.24, 2.45) is 0 Å². The molecular formula is C51H54O9. The van der Waals surface area contributed by atoms with Gasteiger partial charge in [-0.3, -0.25) is 0 Å². The highest BCUT2D eigenvalue weighted by Crippen LogP contribution is 2.32. The van der Waals surface area contributed by atoms with Gasteiger partial charge in [-0.2, -0.15) is 0 Å². The lowest BCUT2D eigenvalue weighted by atomic mass is 9.86. The lowest BCUT2D eigenvalue weighted by Gasteiger charge is -2.20. The molecule has 9 nitrogen and oxygen atoms in total. The highest BCUT2D eigenvalue weighted by Gasteiger charge is 2.19. The predicted octanol–water partition coefficient (Wildman–Crippen LogP) is 13.7. The van der Waals surface area contributed by atoms with Gasteiger partial charge in [-0.15, -0.1) is 0 Å². The van der Waals surface area contributed by atoms with Gasteiger partial charge in [-0.05, 0) is 102 Å². The zero-order chi connectivity index (χ0) is 43.3. The Labute approximate surface area is 352 Å². The van der Waals surface area contributed by atoms with Crippen molar-refractivity contribution in [2.45, 2.75) is 78.1 Å². The van der Waals surface area contributed by atoms with Gasteiger partial charge in [0.2, 0.25) is 0 Å². The number of aryl methyl sites for hydroxylation is 1. The smallest absolute Gasteiger partial charge is 0.339 e.